The Balaban J connectivity index is 1.52. The summed E-state index contributed by atoms with van der Waals surface area (Å²) in [6, 6.07) is 4.68. The Morgan fingerprint density at radius 3 is 2.65 bits per heavy atom. The summed E-state index contributed by atoms with van der Waals surface area (Å²) in [5, 5.41) is 13.0. The Morgan fingerprint density at radius 2 is 1.95 bits per heavy atom. The van der Waals surface area contributed by atoms with E-state index in [0.717, 1.165) is 43.7 Å². The average Bonchev–Trinajstić information content (AvgIpc) is 3.18. The van der Waals surface area contributed by atoms with Crippen LogP contribution >= 0.6 is 0 Å². The van der Waals surface area contributed by atoms with Gasteiger partial charge in [0, 0.05) is 24.6 Å². The van der Waals surface area contributed by atoms with Crippen molar-refractivity contribution in [3.05, 3.63) is 23.3 Å². The van der Waals surface area contributed by atoms with Crippen LogP contribution in [-0.2, 0) is 6.42 Å². The normalized spacial score (nSPS) is 25.4. The molecule has 1 saturated carbocycles. The second kappa shape index (κ2) is 4.64. The lowest BCUT2D eigenvalue weighted by molar-refractivity contribution is 0.171. The van der Waals surface area contributed by atoms with Crippen LogP contribution in [0, 0.1) is 5.41 Å². The number of aliphatic hydroxyl groups excluding tert-OH is 1. The SMILES string of the molecule is OCC1(CN[C@H]2CCc3cc4c(cc32)OCCO4)CC1. The number of rotatable bonds is 4. The van der Waals surface area contributed by atoms with Crippen LogP contribution in [0.15, 0.2) is 12.1 Å². The number of nitrogens with one attached hydrogen (secondary N) is 1. The third-order valence-corrected chi connectivity index (χ3v) is 4.90. The Labute approximate surface area is 119 Å². The summed E-state index contributed by atoms with van der Waals surface area (Å²) in [6.07, 6.45) is 4.52. The van der Waals surface area contributed by atoms with E-state index in [-0.39, 0.29) is 5.41 Å². The van der Waals surface area contributed by atoms with Crippen molar-refractivity contribution >= 4 is 0 Å². The van der Waals surface area contributed by atoms with E-state index in [4.69, 9.17) is 9.47 Å². The molecule has 1 aromatic rings. The van der Waals surface area contributed by atoms with Gasteiger partial charge in [0.25, 0.3) is 0 Å². The molecule has 1 aromatic carbocycles. The molecular weight excluding hydrogens is 254 g/mol. The third kappa shape index (κ3) is 2.07. The Morgan fingerprint density at radius 1 is 1.20 bits per heavy atom. The van der Waals surface area contributed by atoms with Gasteiger partial charge >= 0.3 is 0 Å². The minimum atomic E-state index is 0.163. The molecule has 0 saturated heterocycles. The van der Waals surface area contributed by atoms with Gasteiger partial charge in [-0.1, -0.05) is 0 Å². The first-order valence-electron chi connectivity index (χ1n) is 7.56. The van der Waals surface area contributed by atoms with Gasteiger partial charge in [0.2, 0.25) is 0 Å². The standard InChI is InChI=1S/C16H21NO3/c18-10-16(3-4-16)9-17-13-2-1-11-7-14-15(8-12(11)13)20-6-5-19-14/h7-8,13,17-18H,1-6,9-10H2/t13-/m0/s1. The van der Waals surface area contributed by atoms with Crippen LogP contribution in [0.25, 0.3) is 0 Å². The van der Waals surface area contributed by atoms with Gasteiger partial charge in [-0.05, 0) is 48.9 Å². The molecule has 0 spiro atoms. The fourth-order valence-corrected chi connectivity index (χ4v) is 3.26. The summed E-state index contributed by atoms with van der Waals surface area (Å²) in [5.41, 5.74) is 2.89. The highest BCUT2D eigenvalue weighted by molar-refractivity contribution is 5.50. The van der Waals surface area contributed by atoms with Gasteiger partial charge in [-0.25, -0.2) is 0 Å². The molecule has 4 nitrogen and oxygen atoms in total. The van der Waals surface area contributed by atoms with Gasteiger partial charge in [-0.15, -0.1) is 0 Å². The second-order valence-electron chi connectivity index (χ2n) is 6.32. The van der Waals surface area contributed by atoms with E-state index in [0.29, 0.717) is 25.9 Å². The van der Waals surface area contributed by atoms with E-state index in [9.17, 15) is 5.11 Å². The van der Waals surface area contributed by atoms with Crippen LogP contribution in [0.3, 0.4) is 0 Å². The topological polar surface area (TPSA) is 50.7 Å². The summed E-state index contributed by atoms with van der Waals surface area (Å²) in [5.74, 6) is 1.77. The molecule has 4 rings (SSSR count). The predicted molar refractivity (Wildman–Crippen MR) is 75.2 cm³/mol. The highest BCUT2D eigenvalue weighted by atomic mass is 16.6. The lowest BCUT2D eigenvalue weighted by Gasteiger charge is -2.22. The van der Waals surface area contributed by atoms with E-state index < -0.39 is 0 Å². The minimum Gasteiger partial charge on any atom is -0.486 e. The number of hydrogen-bond acceptors (Lipinski definition) is 4. The fraction of sp³-hybridized carbons (Fsp3) is 0.625. The fourth-order valence-electron chi connectivity index (χ4n) is 3.26. The first-order chi connectivity index (χ1) is 9.80. The van der Waals surface area contributed by atoms with Crippen LogP contribution < -0.4 is 14.8 Å². The summed E-state index contributed by atoms with van der Waals surface area (Å²) in [7, 11) is 0. The van der Waals surface area contributed by atoms with Crippen molar-refractivity contribution < 1.29 is 14.6 Å². The quantitative estimate of drug-likeness (QED) is 0.880. The van der Waals surface area contributed by atoms with Crippen LogP contribution in [-0.4, -0.2) is 31.5 Å². The van der Waals surface area contributed by atoms with Crippen molar-refractivity contribution in [2.24, 2.45) is 5.41 Å². The Kier molecular flexibility index (Phi) is 2.89. The number of aryl methyl sites for hydroxylation is 1. The summed E-state index contributed by atoms with van der Waals surface area (Å²) in [6.45, 7) is 2.51. The number of aliphatic hydroxyl groups is 1. The summed E-state index contributed by atoms with van der Waals surface area (Å²) < 4.78 is 11.3. The maximum atomic E-state index is 9.41. The molecule has 1 heterocycles. The molecule has 0 bridgehead atoms. The number of benzene rings is 1. The molecular formula is C16H21NO3. The van der Waals surface area contributed by atoms with Gasteiger partial charge in [0.15, 0.2) is 11.5 Å². The minimum absolute atomic E-state index is 0.163. The average molecular weight is 275 g/mol. The van der Waals surface area contributed by atoms with Crippen molar-refractivity contribution in [1.29, 1.82) is 0 Å². The lowest BCUT2D eigenvalue weighted by atomic mass is 10.0. The first-order valence-corrected chi connectivity index (χ1v) is 7.56. The van der Waals surface area contributed by atoms with Crippen molar-refractivity contribution in [2.75, 3.05) is 26.4 Å². The van der Waals surface area contributed by atoms with Crippen molar-refractivity contribution in [3.63, 3.8) is 0 Å². The lowest BCUT2D eigenvalue weighted by Crippen LogP contribution is -2.29. The third-order valence-electron chi connectivity index (χ3n) is 4.90. The van der Waals surface area contributed by atoms with Crippen LogP contribution in [0.5, 0.6) is 11.5 Å². The van der Waals surface area contributed by atoms with Gasteiger partial charge < -0.3 is 19.9 Å². The Hall–Kier alpha value is -1.26. The smallest absolute Gasteiger partial charge is 0.161 e. The Bertz CT molecular complexity index is 525. The maximum Gasteiger partial charge on any atom is 0.161 e. The summed E-state index contributed by atoms with van der Waals surface area (Å²) >= 11 is 0. The molecule has 20 heavy (non-hydrogen) atoms. The molecule has 0 aromatic heterocycles. The van der Waals surface area contributed by atoms with Crippen molar-refractivity contribution in [3.8, 4) is 11.5 Å². The number of hydrogen-bond donors (Lipinski definition) is 2. The molecule has 4 heteroatoms. The molecule has 3 aliphatic rings. The molecule has 2 N–H and O–H groups in total. The number of ether oxygens (including phenoxy) is 2. The molecule has 1 fully saturated rings. The van der Waals surface area contributed by atoms with Crippen LogP contribution in [0.4, 0.5) is 0 Å². The zero-order valence-electron chi connectivity index (χ0n) is 11.7. The van der Waals surface area contributed by atoms with E-state index in [1.807, 2.05) is 0 Å². The van der Waals surface area contributed by atoms with E-state index >= 15 is 0 Å². The zero-order valence-corrected chi connectivity index (χ0v) is 11.7. The van der Waals surface area contributed by atoms with E-state index in [2.05, 4.69) is 17.4 Å². The maximum absolute atomic E-state index is 9.41. The van der Waals surface area contributed by atoms with Gasteiger partial charge in [0.05, 0.1) is 0 Å². The highest BCUT2D eigenvalue weighted by Crippen LogP contribution is 2.46. The molecule has 0 amide bonds. The molecule has 0 radical (unpaired) electrons. The van der Waals surface area contributed by atoms with Crippen LogP contribution in [0.2, 0.25) is 0 Å². The van der Waals surface area contributed by atoms with Gasteiger partial charge in [0.1, 0.15) is 13.2 Å². The molecule has 108 valence electrons. The molecule has 1 atom stereocenters. The zero-order chi connectivity index (χ0) is 13.6. The molecule has 0 unspecified atom stereocenters. The summed E-state index contributed by atoms with van der Waals surface area (Å²) in [4.78, 5) is 0. The largest absolute Gasteiger partial charge is 0.486 e. The van der Waals surface area contributed by atoms with E-state index in [1.54, 1.807) is 0 Å². The van der Waals surface area contributed by atoms with E-state index in [1.165, 1.54) is 11.1 Å². The molecule has 2 aliphatic carbocycles. The van der Waals surface area contributed by atoms with Crippen LogP contribution in [0.1, 0.15) is 36.4 Å². The van der Waals surface area contributed by atoms with Gasteiger partial charge in [-0.3, -0.25) is 0 Å². The van der Waals surface area contributed by atoms with Gasteiger partial charge in [-0.2, -0.15) is 0 Å². The molecule has 1 aliphatic heterocycles. The predicted octanol–water partition coefficient (Wildman–Crippen LogP) is 1.81. The number of fused-ring (bicyclic) bond motifs is 2. The first kappa shape index (κ1) is 12.5. The highest BCUT2D eigenvalue weighted by Gasteiger charge is 2.42. The second-order valence-corrected chi connectivity index (χ2v) is 6.32. The van der Waals surface area contributed by atoms with Crippen molar-refractivity contribution in [1.82, 2.24) is 5.32 Å². The monoisotopic (exact) mass is 275 g/mol. The van der Waals surface area contributed by atoms with Crippen molar-refractivity contribution in [2.45, 2.75) is 31.7 Å².